The summed E-state index contributed by atoms with van der Waals surface area (Å²) in [5, 5.41) is 0. The highest BCUT2D eigenvalue weighted by atomic mass is 79.9. The third-order valence-corrected chi connectivity index (χ3v) is 3.29. The van der Waals surface area contributed by atoms with E-state index in [1.54, 1.807) is 6.92 Å². The first-order chi connectivity index (χ1) is 7.56. The zero-order chi connectivity index (χ0) is 12.1. The van der Waals surface area contributed by atoms with Gasteiger partial charge in [0.05, 0.1) is 6.61 Å². The van der Waals surface area contributed by atoms with Gasteiger partial charge in [-0.05, 0) is 24.0 Å². The summed E-state index contributed by atoms with van der Waals surface area (Å²) in [5.41, 5.74) is 2.20. The van der Waals surface area contributed by atoms with Crippen LogP contribution in [0.5, 0.6) is 0 Å². The zero-order valence-corrected chi connectivity index (χ0v) is 11.5. The van der Waals surface area contributed by atoms with Crippen LogP contribution in [0.15, 0.2) is 24.3 Å². The Morgan fingerprint density at radius 1 is 1.25 bits per heavy atom. The molecule has 0 N–H and O–H groups in total. The van der Waals surface area contributed by atoms with E-state index in [1.807, 2.05) is 24.3 Å². The van der Waals surface area contributed by atoms with Gasteiger partial charge in [0.1, 0.15) is 4.83 Å². The van der Waals surface area contributed by atoms with Crippen LogP contribution in [0.1, 0.15) is 42.6 Å². The smallest absolute Gasteiger partial charge is 0.324 e. The Morgan fingerprint density at radius 2 is 1.75 bits per heavy atom. The molecule has 1 unspecified atom stereocenters. The normalized spacial score (nSPS) is 12.6. The molecule has 0 saturated heterocycles. The number of esters is 1. The fraction of sp³-hybridized carbons (Fsp3) is 0.462. The zero-order valence-electron chi connectivity index (χ0n) is 9.87. The first-order valence-electron chi connectivity index (χ1n) is 5.46. The molecule has 0 aliphatic carbocycles. The molecule has 0 bridgehead atoms. The van der Waals surface area contributed by atoms with Crippen LogP contribution in [0.3, 0.4) is 0 Å². The molecular weight excluding hydrogens is 268 g/mol. The number of ether oxygens (including phenoxy) is 1. The van der Waals surface area contributed by atoms with Crippen LogP contribution in [0.2, 0.25) is 0 Å². The summed E-state index contributed by atoms with van der Waals surface area (Å²) in [6, 6.07) is 8.03. The molecule has 16 heavy (non-hydrogen) atoms. The van der Waals surface area contributed by atoms with Crippen molar-refractivity contribution in [3.63, 3.8) is 0 Å². The molecule has 0 aliphatic heterocycles. The number of carbonyl (C=O) groups excluding carboxylic acids is 1. The third-order valence-electron chi connectivity index (χ3n) is 2.39. The molecule has 1 aromatic rings. The Bertz CT molecular complexity index is 343. The molecule has 0 amide bonds. The summed E-state index contributed by atoms with van der Waals surface area (Å²) < 4.78 is 4.95. The van der Waals surface area contributed by atoms with Gasteiger partial charge >= 0.3 is 5.97 Å². The maximum Gasteiger partial charge on any atom is 0.324 e. The number of alkyl halides is 1. The molecule has 1 rings (SSSR count). The average molecular weight is 285 g/mol. The number of rotatable bonds is 4. The second kappa shape index (κ2) is 6.04. The van der Waals surface area contributed by atoms with Crippen LogP contribution < -0.4 is 0 Å². The van der Waals surface area contributed by atoms with Crippen molar-refractivity contribution in [2.75, 3.05) is 6.61 Å². The van der Waals surface area contributed by atoms with E-state index in [4.69, 9.17) is 4.74 Å². The number of hydrogen-bond donors (Lipinski definition) is 0. The van der Waals surface area contributed by atoms with Crippen LogP contribution in [0, 0.1) is 0 Å². The highest BCUT2D eigenvalue weighted by Crippen LogP contribution is 2.25. The second-order valence-electron chi connectivity index (χ2n) is 3.94. The molecule has 0 radical (unpaired) electrons. The maximum absolute atomic E-state index is 11.5. The van der Waals surface area contributed by atoms with Gasteiger partial charge in [0.25, 0.3) is 0 Å². The summed E-state index contributed by atoms with van der Waals surface area (Å²) >= 11 is 3.34. The van der Waals surface area contributed by atoms with Crippen LogP contribution in [-0.4, -0.2) is 12.6 Å². The average Bonchev–Trinajstić information content (AvgIpc) is 2.28. The largest absolute Gasteiger partial charge is 0.465 e. The van der Waals surface area contributed by atoms with Crippen molar-refractivity contribution in [3.05, 3.63) is 35.4 Å². The fourth-order valence-electron chi connectivity index (χ4n) is 1.40. The minimum Gasteiger partial charge on any atom is -0.465 e. The van der Waals surface area contributed by atoms with Gasteiger partial charge in [-0.15, -0.1) is 0 Å². The van der Waals surface area contributed by atoms with Crippen LogP contribution in [0.4, 0.5) is 0 Å². The molecule has 2 nitrogen and oxygen atoms in total. The maximum atomic E-state index is 11.5. The Morgan fingerprint density at radius 3 is 2.19 bits per heavy atom. The SMILES string of the molecule is CCOC(=O)C(Br)c1ccc(C(C)C)cc1. The van der Waals surface area contributed by atoms with Crippen LogP contribution >= 0.6 is 15.9 Å². The van der Waals surface area contributed by atoms with Crippen molar-refractivity contribution < 1.29 is 9.53 Å². The van der Waals surface area contributed by atoms with E-state index >= 15 is 0 Å². The first-order valence-corrected chi connectivity index (χ1v) is 6.38. The van der Waals surface area contributed by atoms with Crippen molar-refractivity contribution in [1.29, 1.82) is 0 Å². The van der Waals surface area contributed by atoms with Gasteiger partial charge in [-0.2, -0.15) is 0 Å². The molecule has 0 fully saturated rings. The van der Waals surface area contributed by atoms with E-state index in [1.165, 1.54) is 5.56 Å². The molecule has 0 aromatic heterocycles. The van der Waals surface area contributed by atoms with Crippen molar-refractivity contribution in [2.24, 2.45) is 0 Å². The topological polar surface area (TPSA) is 26.3 Å². The van der Waals surface area contributed by atoms with Gasteiger partial charge in [0.2, 0.25) is 0 Å². The first kappa shape index (κ1) is 13.2. The monoisotopic (exact) mass is 284 g/mol. The molecular formula is C13H17BrO2. The van der Waals surface area contributed by atoms with Gasteiger partial charge < -0.3 is 4.74 Å². The quantitative estimate of drug-likeness (QED) is 0.621. The lowest BCUT2D eigenvalue weighted by Crippen LogP contribution is -2.10. The lowest BCUT2D eigenvalue weighted by Gasteiger charge is -2.11. The number of carbonyl (C=O) groups is 1. The van der Waals surface area contributed by atoms with Crippen LogP contribution in [-0.2, 0) is 9.53 Å². The third kappa shape index (κ3) is 3.34. The molecule has 88 valence electrons. The van der Waals surface area contributed by atoms with Gasteiger partial charge in [-0.25, -0.2) is 0 Å². The molecule has 1 aromatic carbocycles. The molecule has 0 saturated carbocycles. The number of benzene rings is 1. The lowest BCUT2D eigenvalue weighted by molar-refractivity contribution is -0.142. The second-order valence-corrected chi connectivity index (χ2v) is 4.85. The van der Waals surface area contributed by atoms with E-state index in [-0.39, 0.29) is 10.8 Å². The Balaban J connectivity index is 2.77. The van der Waals surface area contributed by atoms with Crippen molar-refractivity contribution in [3.8, 4) is 0 Å². The standard InChI is InChI=1S/C13H17BrO2/c1-4-16-13(15)12(14)11-7-5-10(6-8-11)9(2)3/h5-9,12H,4H2,1-3H3. The van der Waals surface area contributed by atoms with Crippen LogP contribution in [0.25, 0.3) is 0 Å². The predicted molar refractivity (Wildman–Crippen MR) is 68.8 cm³/mol. The van der Waals surface area contributed by atoms with Crippen molar-refractivity contribution in [2.45, 2.75) is 31.5 Å². The summed E-state index contributed by atoms with van der Waals surface area (Å²) in [6.45, 7) is 6.50. The van der Waals surface area contributed by atoms with Gasteiger partial charge in [-0.3, -0.25) is 4.79 Å². The number of halogens is 1. The van der Waals surface area contributed by atoms with Gasteiger partial charge in [0.15, 0.2) is 0 Å². The molecule has 0 spiro atoms. The molecule has 0 heterocycles. The molecule has 3 heteroatoms. The van der Waals surface area contributed by atoms with E-state index < -0.39 is 0 Å². The fourth-order valence-corrected chi connectivity index (χ4v) is 1.84. The highest BCUT2D eigenvalue weighted by Gasteiger charge is 2.18. The highest BCUT2D eigenvalue weighted by molar-refractivity contribution is 9.09. The van der Waals surface area contributed by atoms with Gasteiger partial charge in [0, 0.05) is 0 Å². The predicted octanol–water partition coefficient (Wildman–Crippen LogP) is 3.81. The van der Waals surface area contributed by atoms with E-state index in [0.29, 0.717) is 12.5 Å². The molecule has 1 atom stereocenters. The van der Waals surface area contributed by atoms with E-state index in [2.05, 4.69) is 29.8 Å². The summed E-state index contributed by atoms with van der Waals surface area (Å²) in [5.74, 6) is 0.269. The summed E-state index contributed by atoms with van der Waals surface area (Å²) in [4.78, 5) is 11.1. The Kier molecular flexibility index (Phi) is 5.00. The number of hydrogen-bond acceptors (Lipinski definition) is 2. The lowest BCUT2D eigenvalue weighted by atomic mass is 10.0. The summed E-state index contributed by atoms with van der Waals surface area (Å²) in [6.07, 6.45) is 0. The van der Waals surface area contributed by atoms with E-state index in [9.17, 15) is 4.79 Å². The van der Waals surface area contributed by atoms with Crippen molar-refractivity contribution >= 4 is 21.9 Å². The minimum atomic E-state index is -0.367. The Hall–Kier alpha value is -0.830. The van der Waals surface area contributed by atoms with Gasteiger partial charge in [-0.1, -0.05) is 54.0 Å². The molecule has 0 aliphatic rings. The van der Waals surface area contributed by atoms with Crippen molar-refractivity contribution in [1.82, 2.24) is 0 Å². The minimum absolute atomic E-state index is 0.236. The summed E-state index contributed by atoms with van der Waals surface area (Å²) in [7, 11) is 0. The Labute approximate surface area is 105 Å². The van der Waals surface area contributed by atoms with E-state index in [0.717, 1.165) is 5.56 Å².